The molecule has 0 saturated heterocycles. The number of fused-ring (bicyclic) bond motifs is 1. The van der Waals surface area contributed by atoms with Crippen LogP contribution in [0.1, 0.15) is 11.1 Å². The van der Waals surface area contributed by atoms with E-state index in [0.717, 1.165) is 16.5 Å². The highest BCUT2D eigenvalue weighted by Gasteiger charge is 2.04. The molecule has 0 aliphatic rings. The summed E-state index contributed by atoms with van der Waals surface area (Å²) in [5, 5.41) is 5.12. The molecular weight excluding hydrogens is 274 g/mol. The van der Waals surface area contributed by atoms with Crippen LogP contribution in [0.25, 0.3) is 10.9 Å². The minimum Gasteiger partial charge on any atom is -0.338 e. The number of aromatic nitrogens is 1. The van der Waals surface area contributed by atoms with Crippen molar-refractivity contribution >= 4 is 23.0 Å². The Morgan fingerprint density at radius 3 is 2.73 bits per heavy atom. The Morgan fingerprint density at radius 1 is 1.14 bits per heavy atom. The van der Waals surface area contributed by atoms with Crippen molar-refractivity contribution < 1.29 is 4.79 Å². The lowest BCUT2D eigenvalue weighted by Gasteiger charge is -2.04. The second-order valence-electron chi connectivity index (χ2n) is 5.21. The molecule has 110 valence electrons. The van der Waals surface area contributed by atoms with Crippen LogP contribution in [0.3, 0.4) is 0 Å². The molecule has 3 aromatic rings. The molecule has 0 spiro atoms. The third-order valence-electron chi connectivity index (χ3n) is 3.47. The zero-order valence-electron chi connectivity index (χ0n) is 12.4. The first kappa shape index (κ1) is 14.1. The zero-order chi connectivity index (χ0) is 15.4. The second kappa shape index (κ2) is 6.26. The summed E-state index contributed by atoms with van der Waals surface area (Å²) in [5.74, 6) is -0.148. The van der Waals surface area contributed by atoms with Gasteiger partial charge >= 0.3 is 0 Å². The van der Waals surface area contributed by atoms with Gasteiger partial charge in [0.1, 0.15) is 6.54 Å². The predicted octanol–water partition coefficient (Wildman–Crippen LogP) is 3.10. The molecule has 2 aromatic carbocycles. The van der Waals surface area contributed by atoms with E-state index < -0.39 is 0 Å². The predicted molar refractivity (Wildman–Crippen MR) is 88.9 cm³/mol. The highest BCUT2D eigenvalue weighted by molar-refractivity contribution is 5.84. The van der Waals surface area contributed by atoms with Crippen LogP contribution in [0, 0.1) is 6.92 Å². The van der Waals surface area contributed by atoms with E-state index in [1.165, 1.54) is 5.56 Å². The van der Waals surface area contributed by atoms with Gasteiger partial charge in [0.05, 0.1) is 6.21 Å². The number of amides is 1. The van der Waals surface area contributed by atoms with Crippen LogP contribution in [-0.2, 0) is 11.3 Å². The SMILES string of the molecule is Cc1ccc(/C=N\NC(=O)Cn2ccc3ccccc32)cc1. The Bertz CT molecular complexity index is 816. The summed E-state index contributed by atoms with van der Waals surface area (Å²) in [5.41, 5.74) is 5.75. The molecule has 4 nitrogen and oxygen atoms in total. The van der Waals surface area contributed by atoms with Gasteiger partial charge in [-0.3, -0.25) is 4.79 Å². The molecule has 3 rings (SSSR count). The lowest BCUT2D eigenvalue weighted by atomic mass is 10.2. The summed E-state index contributed by atoms with van der Waals surface area (Å²) in [4.78, 5) is 12.0. The van der Waals surface area contributed by atoms with E-state index in [0.29, 0.717) is 0 Å². The number of carbonyl (C=O) groups excluding carboxylic acids is 1. The average Bonchev–Trinajstić information content (AvgIpc) is 2.93. The van der Waals surface area contributed by atoms with Gasteiger partial charge in [0.15, 0.2) is 0 Å². The van der Waals surface area contributed by atoms with Crippen molar-refractivity contribution in [3.05, 3.63) is 71.9 Å². The van der Waals surface area contributed by atoms with Crippen LogP contribution in [0.4, 0.5) is 0 Å². The van der Waals surface area contributed by atoms with Gasteiger partial charge in [-0.05, 0) is 30.0 Å². The Hall–Kier alpha value is -2.88. The molecule has 0 aliphatic heterocycles. The molecule has 22 heavy (non-hydrogen) atoms. The van der Waals surface area contributed by atoms with E-state index >= 15 is 0 Å². The second-order valence-corrected chi connectivity index (χ2v) is 5.21. The number of nitrogens with one attached hydrogen (secondary N) is 1. The van der Waals surface area contributed by atoms with Crippen LogP contribution in [0.5, 0.6) is 0 Å². The normalized spacial score (nSPS) is 11.1. The van der Waals surface area contributed by atoms with Crippen molar-refractivity contribution in [2.24, 2.45) is 5.10 Å². The van der Waals surface area contributed by atoms with E-state index in [-0.39, 0.29) is 12.5 Å². The molecule has 0 atom stereocenters. The largest absolute Gasteiger partial charge is 0.338 e. The molecule has 0 aliphatic carbocycles. The van der Waals surface area contributed by atoms with Crippen molar-refractivity contribution in [2.75, 3.05) is 0 Å². The summed E-state index contributed by atoms with van der Waals surface area (Å²) >= 11 is 0. The van der Waals surface area contributed by atoms with E-state index in [9.17, 15) is 4.79 Å². The number of rotatable bonds is 4. The highest BCUT2D eigenvalue weighted by atomic mass is 16.2. The minimum absolute atomic E-state index is 0.148. The molecule has 1 N–H and O–H groups in total. The van der Waals surface area contributed by atoms with Crippen molar-refractivity contribution in [1.82, 2.24) is 9.99 Å². The molecule has 1 amide bonds. The van der Waals surface area contributed by atoms with Crippen LogP contribution in [0.15, 0.2) is 65.9 Å². The lowest BCUT2D eigenvalue weighted by Crippen LogP contribution is -2.22. The number of hydrogen-bond donors (Lipinski definition) is 1. The first-order valence-corrected chi connectivity index (χ1v) is 7.15. The minimum atomic E-state index is -0.148. The summed E-state index contributed by atoms with van der Waals surface area (Å²) in [6, 6.07) is 17.9. The summed E-state index contributed by atoms with van der Waals surface area (Å²) in [7, 11) is 0. The number of carbonyl (C=O) groups is 1. The first-order valence-electron chi connectivity index (χ1n) is 7.15. The molecule has 0 saturated carbocycles. The maximum absolute atomic E-state index is 12.0. The third-order valence-corrected chi connectivity index (χ3v) is 3.47. The van der Waals surface area contributed by atoms with Crippen LogP contribution in [-0.4, -0.2) is 16.7 Å². The number of hydrogen-bond acceptors (Lipinski definition) is 2. The number of nitrogens with zero attached hydrogens (tertiary/aromatic N) is 2. The van der Waals surface area contributed by atoms with Crippen molar-refractivity contribution in [3.63, 3.8) is 0 Å². The fourth-order valence-corrected chi connectivity index (χ4v) is 2.30. The topological polar surface area (TPSA) is 46.4 Å². The number of hydrazone groups is 1. The fraction of sp³-hybridized carbons (Fsp3) is 0.111. The Kier molecular flexibility index (Phi) is 4.01. The molecule has 4 heteroatoms. The highest BCUT2D eigenvalue weighted by Crippen LogP contribution is 2.14. The van der Waals surface area contributed by atoms with E-state index in [1.54, 1.807) is 6.21 Å². The molecule has 0 bridgehead atoms. The Morgan fingerprint density at radius 2 is 1.91 bits per heavy atom. The van der Waals surface area contributed by atoms with Crippen molar-refractivity contribution in [2.45, 2.75) is 13.5 Å². The number of aryl methyl sites for hydroxylation is 1. The molecular formula is C18H17N3O. The van der Waals surface area contributed by atoms with Crippen molar-refractivity contribution in [1.29, 1.82) is 0 Å². The maximum Gasteiger partial charge on any atom is 0.259 e. The van der Waals surface area contributed by atoms with Crippen LogP contribution >= 0.6 is 0 Å². The standard InChI is InChI=1S/C18H17N3O/c1-14-6-8-15(9-7-14)12-19-20-18(22)13-21-11-10-16-4-2-3-5-17(16)21/h2-12H,13H2,1H3,(H,20,22)/b19-12-. The van der Waals surface area contributed by atoms with E-state index in [1.807, 2.05) is 72.3 Å². The van der Waals surface area contributed by atoms with Crippen LogP contribution < -0.4 is 5.43 Å². The smallest absolute Gasteiger partial charge is 0.259 e. The van der Waals surface area contributed by atoms with E-state index in [2.05, 4.69) is 10.5 Å². The molecule has 0 radical (unpaired) electrons. The van der Waals surface area contributed by atoms with Gasteiger partial charge in [-0.1, -0.05) is 48.0 Å². The van der Waals surface area contributed by atoms with E-state index in [4.69, 9.17) is 0 Å². The summed E-state index contributed by atoms with van der Waals surface area (Å²) in [6.45, 7) is 2.28. The molecule has 1 aromatic heterocycles. The average molecular weight is 291 g/mol. The van der Waals surface area contributed by atoms with Gasteiger partial charge in [-0.2, -0.15) is 5.10 Å². The number of benzene rings is 2. The molecule has 1 heterocycles. The summed E-state index contributed by atoms with van der Waals surface area (Å²) in [6.07, 6.45) is 3.55. The fourth-order valence-electron chi connectivity index (χ4n) is 2.30. The summed E-state index contributed by atoms with van der Waals surface area (Å²) < 4.78 is 1.91. The third kappa shape index (κ3) is 3.23. The van der Waals surface area contributed by atoms with Crippen molar-refractivity contribution in [3.8, 4) is 0 Å². The Balaban J connectivity index is 1.62. The quantitative estimate of drug-likeness (QED) is 0.582. The van der Waals surface area contributed by atoms with Gasteiger partial charge in [0.2, 0.25) is 0 Å². The molecule has 0 unspecified atom stereocenters. The monoisotopic (exact) mass is 291 g/mol. The van der Waals surface area contributed by atoms with Gasteiger partial charge in [-0.25, -0.2) is 5.43 Å². The first-order chi connectivity index (χ1) is 10.7. The maximum atomic E-state index is 12.0. The lowest BCUT2D eigenvalue weighted by molar-refractivity contribution is -0.121. The van der Waals surface area contributed by atoms with Gasteiger partial charge in [0, 0.05) is 11.7 Å². The molecule has 0 fully saturated rings. The zero-order valence-corrected chi connectivity index (χ0v) is 12.4. The van der Waals surface area contributed by atoms with Crippen LogP contribution in [0.2, 0.25) is 0 Å². The van der Waals surface area contributed by atoms with Gasteiger partial charge in [-0.15, -0.1) is 0 Å². The van der Waals surface area contributed by atoms with Gasteiger partial charge < -0.3 is 4.57 Å². The Labute approximate surface area is 129 Å². The number of para-hydroxylation sites is 1. The van der Waals surface area contributed by atoms with Gasteiger partial charge in [0.25, 0.3) is 5.91 Å².